The predicted octanol–water partition coefficient (Wildman–Crippen LogP) is 0.565. The number of rotatable bonds is 3. The van der Waals surface area contributed by atoms with Gasteiger partial charge in [0.25, 0.3) is 0 Å². The molecule has 0 amide bonds. The maximum absolute atomic E-state index is 5.15. The molecule has 0 aromatic rings. The van der Waals surface area contributed by atoms with Crippen LogP contribution in [0.25, 0.3) is 0 Å². The lowest BCUT2D eigenvalue weighted by atomic mass is 10.3. The number of nitrogens with one attached hydrogen (secondary N) is 2. The highest BCUT2D eigenvalue weighted by molar-refractivity contribution is 7.80. The fourth-order valence-corrected chi connectivity index (χ4v) is 1.80. The molecule has 1 fully saturated rings. The second kappa shape index (κ2) is 5.40. The topological polar surface area (TPSA) is 27.3 Å². The zero-order valence-electron chi connectivity index (χ0n) is 8.47. The lowest BCUT2D eigenvalue weighted by Crippen LogP contribution is -2.43. The Kier molecular flexibility index (Phi) is 4.45. The Hall–Kier alpha value is -0.350. The van der Waals surface area contributed by atoms with Crippen LogP contribution in [0, 0.1) is 0 Å². The van der Waals surface area contributed by atoms with Crippen LogP contribution < -0.4 is 10.6 Å². The van der Waals surface area contributed by atoms with Crippen LogP contribution in [0.1, 0.15) is 19.8 Å². The van der Waals surface area contributed by atoms with E-state index >= 15 is 0 Å². The lowest BCUT2D eigenvalue weighted by Gasteiger charge is -2.15. The molecule has 3 nitrogen and oxygen atoms in total. The zero-order valence-corrected chi connectivity index (χ0v) is 9.28. The van der Waals surface area contributed by atoms with E-state index in [9.17, 15) is 0 Å². The van der Waals surface area contributed by atoms with Crippen molar-refractivity contribution in [1.82, 2.24) is 15.5 Å². The molecule has 0 spiro atoms. The number of thiocarbonyl (C=S) groups is 1. The first-order valence-electron chi connectivity index (χ1n) is 4.95. The number of likely N-dealkylation sites (N-methyl/N-ethyl adjacent to an activating group) is 1. The first-order chi connectivity index (χ1) is 6.22. The van der Waals surface area contributed by atoms with Crippen LogP contribution in [0.5, 0.6) is 0 Å². The van der Waals surface area contributed by atoms with Crippen molar-refractivity contribution in [2.24, 2.45) is 0 Å². The summed E-state index contributed by atoms with van der Waals surface area (Å²) >= 11 is 5.15. The Balaban J connectivity index is 2.13. The SMILES string of the molecule is CCCNC(=S)NC1CCN(C)C1. The molecule has 2 N–H and O–H groups in total. The summed E-state index contributed by atoms with van der Waals surface area (Å²) in [5.41, 5.74) is 0. The van der Waals surface area contributed by atoms with Gasteiger partial charge in [0.2, 0.25) is 0 Å². The van der Waals surface area contributed by atoms with Crippen LogP contribution in [-0.4, -0.2) is 42.7 Å². The van der Waals surface area contributed by atoms with Gasteiger partial charge in [0.05, 0.1) is 0 Å². The summed E-state index contributed by atoms with van der Waals surface area (Å²) in [6.45, 7) is 5.38. The summed E-state index contributed by atoms with van der Waals surface area (Å²) in [5, 5.41) is 7.31. The summed E-state index contributed by atoms with van der Waals surface area (Å²) < 4.78 is 0. The molecule has 1 aliphatic rings. The van der Waals surface area contributed by atoms with E-state index in [2.05, 4.69) is 29.5 Å². The van der Waals surface area contributed by atoms with Crippen LogP contribution in [0.4, 0.5) is 0 Å². The van der Waals surface area contributed by atoms with Gasteiger partial charge >= 0.3 is 0 Å². The standard InChI is InChI=1S/C9H19N3S/c1-3-5-10-9(13)11-8-4-6-12(2)7-8/h8H,3-7H2,1-2H3,(H2,10,11,13). The van der Waals surface area contributed by atoms with Crippen molar-refractivity contribution in [2.45, 2.75) is 25.8 Å². The van der Waals surface area contributed by atoms with Crippen molar-refractivity contribution in [3.05, 3.63) is 0 Å². The molecule has 76 valence electrons. The Morgan fingerprint density at radius 1 is 1.62 bits per heavy atom. The van der Waals surface area contributed by atoms with E-state index in [-0.39, 0.29) is 0 Å². The molecular formula is C9H19N3S. The van der Waals surface area contributed by atoms with Crippen molar-refractivity contribution in [1.29, 1.82) is 0 Å². The monoisotopic (exact) mass is 201 g/mol. The van der Waals surface area contributed by atoms with Gasteiger partial charge in [-0.2, -0.15) is 0 Å². The second-order valence-corrected chi connectivity index (χ2v) is 4.06. The third-order valence-corrected chi connectivity index (χ3v) is 2.52. The van der Waals surface area contributed by atoms with Crippen molar-refractivity contribution >= 4 is 17.3 Å². The van der Waals surface area contributed by atoms with Crippen molar-refractivity contribution in [3.63, 3.8) is 0 Å². The first-order valence-corrected chi connectivity index (χ1v) is 5.36. The molecule has 13 heavy (non-hydrogen) atoms. The first kappa shape index (κ1) is 10.7. The van der Waals surface area contributed by atoms with E-state index in [4.69, 9.17) is 12.2 Å². The largest absolute Gasteiger partial charge is 0.363 e. The highest BCUT2D eigenvalue weighted by Crippen LogP contribution is 2.05. The normalized spacial score (nSPS) is 23.1. The number of nitrogens with zero attached hydrogens (tertiary/aromatic N) is 1. The average Bonchev–Trinajstić information content (AvgIpc) is 2.48. The fraction of sp³-hybridized carbons (Fsp3) is 0.889. The smallest absolute Gasteiger partial charge is 0.166 e. The third-order valence-electron chi connectivity index (χ3n) is 2.26. The molecule has 0 bridgehead atoms. The van der Waals surface area contributed by atoms with Gasteiger partial charge in [0.1, 0.15) is 0 Å². The summed E-state index contributed by atoms with van der Waals surface area (Å²) in [5.74, 6) is 0. The van der Waals surface area contributed by atoms with E-state index in [1.165, 1.54) is 13.0 Å². The molecule has 1 aliphatic heterocycles. The molecule has 1 atom stereocenters. The predicted molar refractivity (Wildman–Crippen MR) is 59.9 cm³/mol. The molecule has 0 saturated carbocycles. The average molecular weight is 201 g/mol. The van der Waals surface area contributed by atoms with Gasteiger partial charge in [-0.05, 0) is 38.7 Å². The van der Waals surface area contributed by atoms with E-state index in [1.54, 1.807) is 0 Å². The van der Waals surface area contributed by atoms with Crippen molar-refractivity contribution < 1.29 is 0 Å². The molecule has 1 saturated heterocycles. The number of likely N-dealkylation sites (tertiary alicyclic amines) is 1. The zero-order chi connectivity index (χ0) is 9.68. The minimum atomic E-state index is 0.543. The van der Waals surface area contributed by atoms with Crippen molar-refractivity contribution in [2.75, 3.05) is 26.7 Å². The van der Waals surface area contributed by atoms with E-state index in [0.717, 1.165) is 24.6 Å². The number of hydrogen-bond donors (Lipinski definition) is 2. The Bertz CT molecular complexity index is 172. The maximum Gasteiger partial charge on any atom is 0.166 e. The highest BCUT2D eigenvalue weighted by Gasteiger charge is 2.19. The second-order valence-electron chi connectivity index (χ2n) is 3.65. The van der Waals surface area contributed by atoms with Gasteiger partial charge in [-0.1, -0.05) is 6.92 Å². The summed E-state index contributed by atoms with van der Waals surface area (Å²) in [4.78, 5) is 2.32. The van der Waals surface area contributed by atoms with Gasteiger partial charge < -0.3 is 15.5 Å². The fourth-order valence-electron chi connectivity index (χ4n) is 1.53. The molecule has 0 aromatic heterocycles. The summed E-state index contributed by atoms with van der Waals surface area (Å²) in [6, 6.07) is 0.543. The van der Waals surface area contributed by atoms with E-state index in [0.29, 0.717) is 6.04 Å². The van der Waals surface area contributed by atoms with E-state index < -0.39 is 0 Å². The Labute approximate surface area is 85.9 Å². The molecular weight excluding hydrogens is 182 g/mol. The molecule has 4 heteroatoms. The number of hydrogen-bond acceptors (Lipinski definition) is 2. The molecule has 1 heterocycles. The van der Waals surface area contributed by atoms with Gasteiger partial charge in [-0.3, -0.25) is 0 Å². The third kappa shape index (κ3) is 3.91. The highest BCUT2D eigenvalue weighted by atomic mass is 32.1. The van der Waals surface area contributed by atoms with Gasteiger partial charge in [0, 0.05) is 19.1 Å². The molecule has 1 unspecified atom stereocenters. The molecule has 0 aromatic carbocycles. The van der Waals surface area contributed by atoms with Crippen LogP contribution in [-0.2, 0) is 0 Å². The Morgan fingerprint density at radius 2 is 2.38 bits per heavy atom. The van der Waals surface area contributed by atoms with E-state index in [1.807, 2.05) is 0 Å². The molecule has 0 radical (unpaired) electrons. The maximum atomic E-state index is 5.15. The van der Waals surface area contributed by atoms with Gasteiger partial charge in [-0.15, -0.1) is 0 Å². The Morgan fingerprint density at radius 3 is 2.92 bits per heavy atom. The minimum Gasteiger partial charge on any atom is -0.363 e. The lowest BCUT2D eigenvalue weighted by molar-refractivity contribution is 0.407. The summed E-state index contributed by atoms with van der Waals surface area (Å²) in [7, 11) is 2.14. The van der Waals surface area contributed by atoms with Crippen LogP contribution in [0.15, 0.2) is 0 Å². The van der Waals surface area contributed by atoms with Crippen LogP contribution >= 0.6 is 12.2 Å². The van der Waals surface area contributed by atoms with Crippen molar-refractivity contribution in [3.8, 4) is 0 Å². The van der Waals surface area contributed by atoms with Gasteiger partial charge in [-0.25, -0.2) is 0 Å². The minimum absolute atomic E-state index is 0.543. The summed E-state index contributed by atoms with van der Waals surface area (Å²) in [6.07, 6.45) is 2.32. The van der Waals surface area contributed by atoms with Crippen LogP contribution in [0.3, 0.4) is 0 Å². The van der Waals surface area contributed by atoms with Gasteiger partial charge in [0.15, 0.2) is 5.11 Å². The van der Waals surface area contributed by atoms with Crippen LogP contribution in [0.2, 0.25) is 0 Å². The molecule has 0 aliphatic carbocycles. The molecule has 1 rings (SSSR count). The quantitative estimate of drug-likeness (QED) is 0.653.